The van der Waals surface area contributed by atoms with Gasteiger partial charge in [0, 0.05) is 11.1 Å². The molecule has 2 amide bonds. The fourth-order valence-corrected chi connectivity index (χ4v) is 1.94. The predicted octanol–water partition coefficient (Wildman–Crippen LogP) is 2.98. The normalized spacial score (nSPS) is 11.8. The van der Waals surface area contributed by atoms with Crippen LogP contribution < -0.4 is 10.7 Å². The molecule has 0 aliphatic heterocycles. The Labute approximate surface area is 123 Å². The quantitative estimate of drug-likeness (QED) is 0.586. The summed E-state index contributed by atoms with van der Waals surface area (Å²) < 4.78 is 0. The van der Waals surface area contributed by atoms with E-state index in [4.69, 9.17) is 0 Å². The minimum Gasteiger partial charge on any atom is -0.507 e. The van der Waals surface area contributed by atoms with Gasteiger partial charge in [-0.15, -0.1) is 0 Å². The van der Waals surface area contributed by atoms with Crippen molar-refractivity contribution in [2.75, 3.05) is 0 Å². The summed E-state index contributed by atoms with van der Waals surface area (Å²) in [5.41, 5.74) is 2.63. The first-order valence-electron chi connectivity index (χ1n) is 6.69. The molecule has 0 bridgehead atoms. The highest BCUT2D eigenvalue weighted by Gasteiger charge is 2.12. The summed E-state index contributed by atoms with van der Waals surface area (Å²) in [6.45, 7) is 5.65. The molecule has 2 aromatic carbocycles. The number of phenols is 1. The standard InChI is InChI=1S/C16H19N3O2/c1-16(2,3)18-15(21)19-17-10-13-12-7-5-4-6-11(12)8-9-14(13)20/h4-10,20H,1-3H3,(H2,18,19,21)/b17-10+. The van der Waals surface area contributed by atoms with Crippen molar-refractivity contribution in [1.29, 1.82) is 0 Å². The number of amides is 2. The number of hydrogen-bond donors (Lipinski definition) is 3. The van der Waals surface area contributed by atoms with E-state index >= 15 is 0 Å². The van der Waals surface area contributed by atoms with Crippen molar-refractivity contribution >= 4 is 23.0 Å². The zero-order valence-corrected chi connectivity index (χ0v) is 12.3. The van der Waals surface area contributed by atoms with E-state index in [0.29, 0.717) is 5.56 Å². The fraction of sp³-hybridized carbons (Fsp3) is 0.250. The number of hydrogen-bond acceptors (Lipinski definition) is 3. The molecule has 0 saturated heterocycles. The summed E-state index contributed by atoms with van der Waals surface area (Å²) in [5, 5.41) is 18.4. The largest absolute Gasteiger partial charge is 0.507 e. The molecular formula is C16H19N3O2. The SMILES string of the molecule is CC(C)(C)NC(=O)N/N=C/c1c(O)ccc2ccccc12. The van der Waals surface area contributed by atoms with Gasteiger partial charge in [-0.25, -0.2) is 10.2 Å². The molecule has 0 fully saturated rings. The van der Waals surface area contributed by atoms with Gasteiger partial charge in [-0.3, -0.25) is 0 Å². The van der Waals surface area contributed by atoms with Gasteiger partial charge >= 0.3 is 6.03 Å². The Morgan fingerprint density at radius 3 is 2.62 bits per heavy atom. The Morgan fingerprint density at radius 2 is 1.90 bits per heavy atom. The number of aromatic hydroxyl groups is 1. The lowest BCUT2D eigenvalue weighted by Gasteiger charge is -2.19. The third-order valence-electron chi connectivity index (χ3n) is 2.80. The summed E-state index contributed by atoms with van der Waals surface area (Å²) >= 11 is 0. The lowest BCUT2D eigenvalue weighted by Crippen LogP contribution is -2.44. The molecule has 0 radical (unpaired) electrons. The van der Waals surface area contributed by atoms with Crippen molar-refractivity contribution in [3.8, 4) is 5.75 Å². The molecule has 2 rings (SSSR count). The van der Waals surface area contributed by atoms with Crippen LogP contribution in [0.4, 0.5) is 4.79 Å². The number of fused-ring (bicyclic) bond motifs is 1. The van der Waals surface area contributed by atoms with Crippen LogP contribution in [-0.4, -0.2) is 22.9 Å². The molecule has 3 N–H and O–H groups in total. The minimum atomic E-state index is -0.390. The number of benzene rings is 2. The summed E-state index contributed by atoms with van der Waals surface area (Å²) in [6.07, 6.45) is 1.44. The van der Waals surface area contributed by atoms with Gasteiger partial charge in [0.15, 0.2) is 0 Å². The number of carbonyl (C=O) groups is 1. The molecule has 0 saturated carbocycles. The van der Waals surface area contributed by atoms with Crippen LogP contribution in [0.3, 0.4) is 0 Å². The number of hydrazone groups is 1. The second kappa shape index (κ2) is 5.83. The summed E-state index contributed by atoms with van der Waals surface area (Å²) in [6, 6.07) is 10.7. The first-order valence-corrected chi connectivity index (χ1v) is 6.69. The summed E-state index contributed by atoms with van der Waals surface area (Å²) in [5.74, 6) is 0.121. The number of phenolic OH excluding ortho intramolecular Hbond substituents is 1. The van der Waals surface area contributed by atoms with Crippen molar-refractivity contribution in [3.05, 3.63) is 42.0 Å². The second-order valence-corrected chi connectivity index (χ2v) is 5.79. The van der Waals surface area contributed by atoms with Crippen LogP contribution >= 0.6 is 0 Å². The summed E-state index contributed by atoms with van der Waals surface area (Å²) in [4.78, 5) is 11.6. The van der Waals surface area contributed by atoms with Crippen LogP contribution in [0.2, 0.25) is 0 Å². The summed E-state index contributed by atoms with van der Waals surface area (Å²) in [7, 11) is 0. The van der Waals surface area contributed by atoms with Crippen LogP contribution in [0.25, 0.3) is 10.8 Å². The van der Waals surface area contributed by atoms with Gasteiger partial charge in [0.2, 0.25) is 0 Å². The van der Waals surface area contributed by atoms with Crippen molar-refractivity contribution in [2.24, 2.45) is 5.10 Å². The maximum absolute atomic E-state index is 11.6. The second-order valence-electron chi connectivity index (χ2n) is 5.79. The van der Waals surface area contributed by atoms with Crippen molar-refractivity contribution in [3.63, 3.8) is 0 Å². The van der Waals surface area contributed by atoms with E-state index in [2.05, 4.69) is 15.8 Å². The molecule has 21 heavy (non-hydrogen) atoms. The molecule has 5 nitrogen and oxygen atoms in total. The van der Waals surface area contributed by atoms with Gasteiger partial charge in [0.25, 0.3) is 0 Å². The zero-order chi connectivity index (χ0) is 15.5. The highest BCUT2D eigenvalue weighted by molar-refractivity contribution is 6.02. The number of urea groups is 1. The predicted molar refractivity (Wildman–Crippen MR) is 84.6 cm³/mol. The molecule has 0 unspecified atom stereocenters. The maximum atomic E-state index is 11.6. The molecule has 2 aromatic rings. The van der Waals surface area contributed by atoms with Crippen molar-refractivity contribution < 1.29 is 9.90 Å². The number of nitrogens with zero attached hydrogens (tertiary/aromatic N) is 1. The van der Waals surface area contributed by atoms with E-state index in [1.54, 1.807) is 6.07 Å². The van der Waals surface area contributed by atoms with Gasteiger partial charge in [0.05, 0.1) is 6.21 Å². The van der Waals surface area contributed by atoms with E-state index in [9.17, 15) is 9.90 Å². The molecule has 0 aromatic heterocycles. The average Bonchev–Trinajstić information content (AvgIpc) is 2.39. The zero-order valence-electron chi connectivity index (χ0n) is 12.3. The first kappa shape index (κ1) is 14.8. The van der Waals surface area contributed by atoms with Crippen LogP contribution in [0, 0.1) is 0 Å². The number of nitrogens with one attached hydrogen (secondary N) is 2. The number of rotatable bonds is 2. The van der Waals surface area contributed by atoms with Crippen molar-refractivity contribution in [2.45, 2.75) is 26.3 Å². The molecule has 0 aliphatic carbocycles. The van der Waals surface area contributed by atoms with E-state index < -0.39 is 6.03 Å². The lowest BCUT2D eigenvalue weighted by molar-refractivity contribution is 0.232. The highest BCUT2D eigenvalue weighted by Crippen LogP contribution is 2.25. The van der Waals surface area contributed by atoms with Crippen LogP contribution in [0.1, 0.15) is 26.3 Å². The Kier molecular flexibility index (Phi) is 4.12. The first-order chi connectivity index (χ1) is 9.87. The van der Waals surface area contributed by atoms with Gasteiger partial charge in [0.1, 0.15) is 5.75 Å². The van der Waals surface area contributed by atoms with Crippen LogP contribution in [0.5, 0.6) is 5.75 Å². The van der Waals surface area contributed by atoms with Crippen molar-refractivity contribution in [1.82, 2.24) is 10.7 Å². The fourth-order valence-electron chi connectivity index (χ4n) is 1.94. The minimum absolute atomic E-state index is 0.121. The van der Waals surface area contributed by atoms with Gasteiger partial charge in [-0.05, 0) is 37.6 Å². The maximum Gasteiger partial charge on any atom is 0.335 e. The smallest absolute Gasteiger partial charge is 0.335 e. The Bertz CT molecular complexity index is 687. The lowest BCUT2D eigenvalue weighted by atomic mass is 10.0. The topological polar surface area (TPSA) is 73.7 Å². The van der Waals surface area contributed by atoms with E-state index in [1.807, 2.05) is 51.1 Å². The van der Waals surface area contributed by atoms with E-state index in [-0.39, 0.29) is 11.3 Å². The monoisotopic (exact) mass is 285 g/mol. The highest BCUT2D eigenvalue weighted by atomic mass is 16.3. The van der Waals surface area contributed by atoms with Gasteiger partial charge < -0.3 is 10.4 Å². The molecule has 0 heterocycles. The van der Waals surface area contributed by atoms with E-state index in [1.165, 1.54) is 6.21 Å². The molecule has 5 heteroatoms. The molecule has 0 spiro atoms. The molecular weight excluding hydrogens is 266 g/mol. The molecule has 0 aliphatic rings. The van der Waals surface area contributed by atoms with Gasteiger partial charge in [-0.1, -0.05) is 30.3 Å². The Morgan fingerprint density at radius 1 is 1.19 bits per heavy atom. The average molecular weight is 285 g/mol. The Hall–Kier alpha value is -2.56. The van der Waals surface area contributed by atoms with Gasteiger partial charge in [-0.2, -0.15) is 5.10 Å². The van der Waals surface area contributed by atoms with Crippen LogP contribution in [0.15, 0.2) is 41.5 Å². The molecule has 0 atom stereocenters. The third-order valence-corrected chi connectivity index (χ3v) is 2.80. The van der Waals surface area contributed by atoms with Crippen LogP contribution in [-0.2, 0) is 0 Å². The molecule has 110 valence electrons. The Balaban J connectivity index is 2.18. The third kappa shape index (κ3) is 3.95. The van der Waals surface area contributed by atoms with E-state index in [0.717, 1.165) is 10.8 Å². The number of carbonyl (C=O) groups excluding carboxylic acids is 1.